The molecule has 0 fully saturated rings. The van der Waals surface area contributed by atoms with E-state index in [-0.39, 0.29) is 0 Å². The molecular formula is C16H14BrN5. The molecule has 2 aromatic heterocycles. The van der Waals surface area contributed by atoms with E-state index in [0.29, 0.717) is 0 Å². The predicted molar refractivity (Wildman–Crippen MR) is 88.4 cm³/mol. The van der Waals surface area contributed by atoms with Crippen LogP contribution in [0.1, 0.15) is 5.82 Å². The second-order valence-corrected chi connectivity index (χ2v) is 6.16. The molecule has 5 nitrogen and oxygen atoms in total. The van der Waals surface area contributed by atoms with Crippen molar-refractivity contribution in [3.63, 3.8) is 0 Å². The molecule has 110 valence electrons. The van der Waals surface area contributed by atoms with E-state index in [9.17, 15) is 0 Å². The first-order valence-corrected chi connectivity index (χ1v) is 7.93. The van der Waals surface area contributed by atoms with Crippen LogP contribution in [0.15, 0.2) is 53.3 Å². The van der Waals surface area contributed by atoms with E-state index in [1.165, 1.54) is 0 Å². The van der Waals surface area contributed by atoms with Crippen molar-refractivity contribution in [1.82, 2.24) is 19.7 Å². The van der Waals surface area contributed by atoms with Gasteiger partial charge in [-0.15, -0.1) is 10.2 Å². The SMILES string of the molecule is Brc1cncc(N2CCn3c(nnc3-c3ccccc3)C2)c1. The van der Waals surface area contributed by atoms with Gasteiger partial charge in [0.2, 0.25) is 0 Å². The number of hydrogen-bond donors (Lipinski definition) is 0. The Labute approximate surface area is 136 Å². The van der Waals surface area contributed by atoms with Crippen molar-refractivity contribution in [2.45, 2.75) is 13.1 Å². The molecule has 0 spiro atoms. The second kappa shape index (κ2) is 5.53. The molecule has 1 aromatic carbocycles. The van der Waals surface area contributed by atoms with Crippen LogP contribution in [0.2, 0.25) is 0 Å². The van der Waals surface area contributed by atoms with Gasteiger partial charge in [-0.05, 0) is 22.0 Å². The maximum Gasteiger partial charge on any atom is 0.164 e. The topological polar surface area (TPSA) is 46.8 Å². The fourth-order valence-corrected chi connectivity index (χ4v) is 3.11. The third-order valence-electron chi connectivity index (χ3n) is 3.84. The molecule has 0 saturated carbocycles. The van der Waals surface area contributed by atoms with Gasteiger partial charge >= 0.3 is 0 Å². The van der Waals surface area contributed by atoms with E-state index in [1.54, 1.807) is 6.20 Å². The maximum atomic E-state index is 4.38. The molecule has 3 aromatic rings. The van der Waals surface area contributed by atoms with Gasteiger partial charge in [-0.3, -0.25) is 4.98 Å². The minimum Gasteiger partial charge on any atom is -0.361 e. The van der Waals surface area contributed by atoms with E-state index in [1.807, 2.05) is 24.4 Å². The van der Waals surface area contributed by atoms with Crippen LogP contribution in [0.5, 0.6) is 0 Å². The van der Waals surface area contributed by atoms with Gasteiger partial charge in [-0.25, -0.2) is 0 Å². The van der Waals surface area contributed by atoms with Gasteiger partial charge in [0.05, 0.1) is 18.4 Å². The predicted octanol–water partition coefficient (Wildman–Crippen LogP) is 3.12. The molecule has 4 rings (SSSR count). The van der Waals surface area contributed by atoms with Gasteiger partial charge in [-0.1, -0.05) is 30.3 Å². The third kappa shape index (κ3) is 2.39. The average molecular weight is 356 g/mol. The minimum atomic E-state index is 0.748. The molecule has 6 heteroatoms. The standard InChI is InChI=1S/C16H14BrN5/c17-13-8-14(10-18-9-13)21-6-7-22-15(11-21)19-20-16(22)12-4-2-1-3-5-12/h1-5,8-10H,6-7,11H2. The first kappa shape index (κ1) is 13.5. The summed E-state index contributed by atoms with van der Waals surface area (Å²) >= 11 is 3.47. The van der Waals surface area contributed by atoms with Crippen LogP contribution in [0.3, 0.4) is 0 Å². The zero-order valence-electron chi connectivity index (χ0n) is 11.9. The van der Waals surface area contributed by atoms with Crippen LogP contribution in [-0.2, 0) is 13.1 Å². The highest BCUT2D eigenvalue weighted by molar-refractivity contribution is 9.10. The highest BCUT2D eigenvalue weighted by Gasteiger charge is 2.22. The Bertz CT molecular complexity index is 799. The van der Waals surface area contributed by atoms with Crippen molar-refractivity contribution < 1.29 is 0 Å². The van der Waals surface area contributed by atoms with Crippen LogP contribution in [0.4, 0.5) is 5.69 Å². The van der Waals surface area contributed by atoms with Crippen molar-refractivity contribution in [2.75, 3.05) is 11.4 Å². The first-order valence-electron chi connectivity index (χ1n) is 7.14. The number of anilines is 1. The molecule has 0 aliphatic carbocycles. The molecule has 3 heterocycles. The summed E-state index contributed by atoms with van der Waals surface area (Å²) in [7, 11) is 0. The largest absolute Gasteiger partial charge is 0.361 e. The Morgan fingerprint density at radius 2 is 1.86 bits per heavy atom. The quantitative estimate of drug-likeness (QED) is 0.708. The first-order chi connectivity index (χ1) is 10.8. The van der Waals surface area contributed by atoms with Gasteiger partial charge in [-0.2, -0.15) is 0 Å². The van der Waals surface area contributed by atoms with Crippen LogP contribution in [0.25, 0.3) is 11.4 Å². The highest BCUT2D eigenvalue weighted by atomic mass is 79.9. The number of rotatable bonds is 2. The summed E-state index contributed by atoms with van der Waals surface area (Å²) in [6.07, 6.45) is 3.68. The van der Waals surface area contributed by atoms with Crippen LogP contribution in [0, 0.1) is 0 Å². The van der Waals surface area contributed by atoms with Crippen LogP contribution in [-0.4, -0.2) is 26.3 Å². The van der Waals surface area contributed by atoms with E-state index >= 15 is 0 Å². The molecular weight excluding hydrogens is 342 g/mol. The molecule has 0 amide bonds. The number of pyridine rings is 1. The van der Waals surface area contributed by atoms with Gasteiger partial charge in [0, 0.05) is 29.3 Å². The fourth-order valence-electron chi connectivity index (χ4n) is 2.75. The zero-order valence-corrected chi connectivity index (χ0v) is 13.4. The smallest absolute Gasteiger partial charge is 0.164 e. The molecule has 1 aliphatic rings. The molecule has 0 atom stereocenters. The highest BCUT2D eigenvalue weighted by Crippen LogP contribution is 2.25. The summed E-state index contributed by atoms with van der Waals surface area (Å²) in [6.45, 7) is 2.54. The lowest BCUT2D eigenvalue weighted by Crippen LogP contribution is -2.34. The monoisotopic (exact) mass is 355 g/mol. The number of benzene rings is 1. The summed E-state index contributed by atoms with van der Waals surface area (Å²) in [5, 5.41) is 8.75. The second-order valence-electron chi connectivity index (χ2n) is 5.24. The van der Waals surface area contributed by atoms with Crippen molar-refractivity contribution in [2.24, 2.45) is 0 Å². The van der Waals surface area contributed by atoms with Gasteiger partial charge in [0.25, 0.3) is 0 Å². The molecule has 0 saturated heterocycles. The van der Waals surface area contributed by atoms with Crippen molar-refractivity contribution in [3.8, 4) is 11.4 Å². The normalized spacial score (nSPS) is 14.0. The summed E-state index contributed by atoms with van der Waals surface area (Å²) in [5.41, 5.74) is 2.21. The average Bonchev–Trinajstić information content (AvgIpc) is 2.99. The summed E-state index contributed by atoms with van der Waals surface area (Å²) in [6, 6.07) is 12.3. The van der Waals surface area contributed by atoms with Crippen LogP contribution >= 0.6 is 15.9 Å². The van der Waals surface area contributed by atoms with Gasteiger partial charge in [0.15, 0.2) is 11.6 Å². The molecule has 0 radical (unpaired) electrons. The lowest BCUT2D eigenvalue weighted by Gasteiger charge is -2.29. The van der Waals surface area contributed by atoms with Gasteiger partial charge in [0.1, 0.15) is 0 Å². The molecule has 0 N–H and O–H groups in total. The zero-order chi connectivity index (χ0) is 14.9. The summed E-state index contributed by atoms with van der Waals surface area (Å²) < 4.78 is 3.19. The molecule has 0 bridgehead atoms. The minimum absolute atomic E-state index is 0.748. The van der Waals surface area contributed by atoms with Crippen molar-refractivity contribution >= 4 is 21.6 Å². The fraction of sp³-hybridized carbons (Fsp3) is 0.188. The summed E-state index contributed by atoms with van der Waals surface area (Å²) in [5.74, 6) is 1.94. The summed E-state index contributed by atoms with van der Waals surface area (Å²) in [4.78, 5) is 6.51. The van der Waals surface area contributed by atoms with Gasteiger partial charge < -0.3 is 9.47 Å². The van der Waals surface area contributed by atoms with Crippen LogP contribution < -0.4 is 4.90 Å². The number of aromatic nitrogens is 4. The Morgan fingerprint density at radius 3 is 2.68 bits per heavy atom. The number of hydrogen-bond acceptors (Lipinski definition) is 4. The third-order valence-corrected chi connectivity index (χ3v) is 4.27. The number of fused-ring (bicyclic) bond motifs is 1. The Morgan fingerprint density at radius 1 is 1.00 bits per heavy atom. The lowest BCUT2D eigenvalue weighted by atomic mass is 10.2. The molecule has 1 aliphatic heterocycles. The van der Waals surface area contributed by atoms with E-state index in [2.05, 4.69) is 58.8 Å². The maximum absolute atomic E-state index is 4.38. The Balaban J connectivity index is 1.64. The van der Waals surface area contributed by atoms with Crippen molar-refractivity contribution in [1.29, 1.82) is 0 Å². The van der Waals surface area contributed by atoms with Crippen molar-refractivity contribution in [3.05, 3.63) is 59.1 Å². The Hall–Kier alpha value is -2.21. The lowest BCUT2D eigenvalue weighted by molar-refractivity contribution is 0.563. The van der Waals surface area contributed by atoms with E-state index in [0.717, 1.165) is 47.0 Å². The Kier molecular flexibility index (Phi) is 3.38. The van der Waals surface area contributed by atoms with E-state index in [4.69, 9.17) is 0 Å². The number of nitrogens with zero attached hydrogens (tertiary/aromatic N) is 5. The molecule has 0 unspecified atom stereocenters. The molecule has 22 heavy (non-hydrogen) atoms. The number of halogens is 1. The van der Waals surface area contributed by atoms with E-state index < -0.39 is 0 Å².